The molecule has 1 heterocycles. The van der Waals surface area contributed by atoms with E-state index < -0.39 is 0 Å². The first-order valence-electron chi connectivity index (χ1n) is 5.95. The number of hydrogen-bond acceptors (Lipinski definition) is 4. The third-order valence-electron chi connectivity index (χ3n) is 2.73. The lowest BCUT2D eigenvalue weighted by molar-refractivity contribution is 0.305. The molecule has 0 saturated heterocycles. The monoisotopic (exact) mass is 253 g/mol. The van der Waals surface area contributed by atoms with Crippen LogP contribution in [0.2, 0.25) is 0 Å². The molecule has 0 aliphatic rings. The molecule has 0 radical (unpaired) electrons. The molecule has 0 amide bonds. The third-order valence-corrected chi connectivity index (χ3v) is 3.68. The van der Waals surface area contributed by atoms with Gasteiger partial charge in [-0.05, 0) is 32.4 Å². The molecular formula is C13H23N3S. The zero-order valence-electron chi connectivity index (χ0n) is 11.7. The zero-order valence-corrected chi connectivity index (χ0v) is 12.5. The summed E-state index contributed by atoms with van der Waals surface area (Å²) in [6, 6.07) is 2.46. The van der Waals surface area contributed by atoms with Crippen LogP contribution in [0.15, 0.2) is 11.2 Å². The van der Waals surface area contributed by atoms with Crippen molar-refractivity contribution < 1.29 is 0 Å². The van der Waals surface area contributed by atoms with Crippen LogP contribution in [0.25, 0.3) is 0 Å². The van der Waals surface area contributed by atoms with Crippen molar-refractivity contribution in [3.63, 3.8) is 0 Å². The molecule has 0 spiro atoms. The van der Waals surface area contributed by atoms with Crippen LogP contribution in [0.4, 0.5) is 0 Å². The smallest absolute Gasteiger partial charge is 0.188 e. The topological polar surface area (TPSA) is 37.8 Å². The van der Waals surface area contributed by atoms with Gasteiger partial charge in [0.05, 0.1) is 0 Å². The lowest BCUT2D eigenvalue weighted by atomic mass is 9.88. The van der Waals surface area contributed by atoms with E-state index in [0.29, 0.717) is 6.04 Å². The Morgan fingerprint density at radius 3 is 2.18 bits per heavy atom. The minimum Gasteiger partial charge on any atom is -0.316 e. The summed E-state index contributed by atoms with van der Waals surface area (Å²) in [4.78, 5) is 8.89. The molecule has 0 aliphatic heterocycles. The number of nitrogens with zero attached hydrogens (tertiary/aromatic N) is 2. The van der Waals surface area contributed by atoms with Gasteiger partial charge in [-0.1, -0.05) is 32.5 Å². The van der Waals surface area contributed by atoms with E-state index in [1.165, 1.54) is 0 Å². The van der Waals surface area contributed by atoms with Gasteiger partial charge in [-0.2, -0.15) is 0 Å². The second kappa shape index (κ2) is 5.83. The molecule has 0 fully saturated rings. The third kappa shape index (κ3) is 4.64. The van der Waals surface area contributed by atoms with Crippen LogP contribution in [0.3, 0.4) is 0 Å². The van der Waals surface area contributed by atoms with Gasteiger partial charge in [-0.25, -0.2) is 9.97 Å². The Hall–Kier alpha value is -0.610. The van der Waals surface area contributed by atoms with Crippen molar-refractivity contribution >= 4 is 11.8 Å². The molecule has 0 saturated carbocycles. The molecule has 1 N–H and O–H groups in total. The predicted molar refractivity (Wildman–Crippen MR) is 74.5 cm³/mol. The number of nitrogens with one attached hydrogen (secondary N) is 1. The first-order valence-corrected chi connectivity index (χ1v) is 6.94. The van der Waals surface area contributed by atoms with E-state index >= 15 is 0 Å². The molecule has 1 rings (SSSR count). The van der Waals surface area contributed by atoms with Crippen LogP contribution in [0.1, 0.15) is 32.2 Å². The molecule has 0 aromatic carbocycles. The summed E-state index contributed by atoms with van der Waals surface area (Å²) in [6.45, 7) is 10.8. The molecule has 4 heteroatoms. The molecular weight excluding hydrogens is 230 g/mol. The van der Waals surface area contributed by atoms with Crippen molar-refractivity contribution in [2.75, 3.05) is 12.8 Å². The van der Waals surface area contributed by atoms with Crippen LogP contribution in [-0.2, 0) is 0 Å². The van der Waals surface area contributed by atoms with Crippen LogP contribution >= 0.6 is 11.8 Å². The standard InChI is InChI=1S/C13H23N3S/c1-9-7-10(2)16-12(15-9)17-8-11(14-6)13(3,4)5/h7,11,14H,8H2,1-6H3. The van der Waals surface area contributed by atoms with E-state index in [2.05, 4.69) is 36.1 Å². The van der Waals surface area contributed by atoms with Gasteiger partial charge in [-0.15, -0.1) is 0 Å². The summed E-state index contributed by atoms with van der Waals surface area (Å²) < 4.78 is 0. The lowest BCUT2D eigenvalue weighted by Gasteiger charge is -2.29. The molecule has 1 atom stereocenters. The highest BCUT2D eigenvalue weighted by Gasteiger charge is 2.23. The van der Waals surface area contributed by atoms with Gasteiger partial charge in [0.15, 0.2) is 5.16 Å². The molecule has 1 unspecified atom stereocenters. The largest absolute Gasteiger partial charge is 0.316 e. The van der Waals surface area contributed by atoms with E-state index in [4.69, 9.17) is 0 Å². The van der Waals surface area contributed by atoms with Crippen LogP contribution in [-0.4, -0.2) is 28.8 Å². The van der Waals surface area contributed by atoms with Gasteiger partial charge < -0.3 is 5.32 Å². The Morgan fingerprint density at radius 2 is 1.76 bits per heavy atom. The highest BCUT2D eigenvalue weighted by Crippen LogP contribution is 2.24. The summed E-state index contributed by atoms with van der Waals surface area (Å²) in [5.74, 6) is 0.989. The SMILES string of the molecule is CNC(CSc1nc(C)cc(C)n1)C(C)(C)C. The highest BCUT2D eigenvalue weighted by atomic mass is 32.2. The number of aryl methyl sites for hydroxylation is 2. The minimum atomic E-state index is 0.251. The van der Waals surface area contributed by atoms with Gasteiger partial charge in [0.1, 0.15) is 0 Å². The van der Waals surface area contributed by atoms with Crippen molar-refractivity contribution in [1.82, 2.24) is 15.3 Å². The van der Waals surface area contributed by atoms with Gasteiger partial charge in [0.2, 0.25) is 0 Å². The summed E-state index contributed by atoms with van der Waals surface area (Å²) in [5, 5.41) is 4.25. The average molecular weight is 253 g/mol. The number of rotatable bonds is 4. The maximum absolute atomic E-state index is 4.45. The van der Waals surface area contributed by atoms with Crippen LogP contribution in [0, 0.1) is 19.3 Å². The fourth-order valence-corrected chi connectivity index (χ4v) is 3.08. The Morgan fingerprint density at radius 1 is 1.24 bits per heavy atom. The Bertz CT molecular complexity index is 351. The van der Waals surface area contributed by atoms with Crippen LogP contribution in [0.5, 0.6) is 0 Å². The normalized spacial score (nSPS) is 13.8. The van der Waals surface area contributed by atoms with Crippen molar-refractivity contribution in [3.8, 4) is 0 Å². The Balaban J connectivity index is 2.66. The molecule has 1 aromatic heterocycles. The summed E-state index contributed by atoms with van der Waals surface area (Å²) in [5.41, 5.74) is 2.33. The van der Waals surface area contributed by atoms with E-state index in [9.17, 15) is 0 Å². The number of hydrogen-bond donors (Lipinski definition) is 1. The maximum atomic E-state index is 4.45. The second-order valence-electron chi connectivity index (χ2n) is 5.45. The molecule has 96 valence electrons. The minimum absolute atomic E-state index is 0.251. The van der Waals surface area contributed by atoms with Gasteiger partial charge >= 0.3 is 0 Å². The van der Waals surface area contributed by atoms with Crippen molar-refractivity contribution in [2.24, 2.45) is 5.41 Å². The van der Waals surface area contributed by atoms with Gasteiger partial charge in [-0.3, -0.25) is 0 Å². The molecule has 0 bridgehead atoms. The zero-order chi connectivity index (χ0) is 13.1. The van der Waals surface area contributed by atoms with E-state index in [1.807, 2.05) is 27.0 Å². The van der Waals surface area contributed by atoms with Gasteiger partial charge in [0.25, 0.3) is 0 Å². The fraction of sp³-hybridized carbons (Fsp3) is 0.692. The van der Waals surface area contributed by atoms with Crippen molar-refractivity contribution in [3.05, 3.63) is 17.5 Å². The van der Waals surface area contributed by atoms with Crippen LogP contribution < -0.4 is 5.32 Å². The summed E-state index contributed by atoms with van der Waals surface area (Å²) >= 11 is 1.72. The van der Waals surface area contributed by atoms with E-state index in [1.54, 1.807) is 11.8 Å². The highest BCUT2D eigenvalue weighted by molar-refractivity contribution is 7.99. The molecule has 17 heavy (non-hydrogen) atoms. The first kappa shape index (κ1) is 14.5. The second-order valence-corrected chi connectivity index (χ2v) is 6.44. The van der Waals surface area contributed by atoms with E-state index in [-0.39, 0.29) is 5.41 Å². The maximum Gasteiger partial charge on any atom is 0.188 e. The first-order chi connectivity index (χ1) is 7.82. The molecule has 0 aliphatic carbocycles. The van der Waals surface area contributed by atoms with E-state index in [0.717, 1.165) is 22.3 Å². The number of aromatic nitrogens is 2. The Kier molecular flexibility index (Phi) is 4.95. The summed E-state index contributed by atoms with van der Waals surface area (Å²) in [7, 11) is 2.01. The Labute approximate surface area is 109 Å². The fourth-order valence-electron chi connectivity index (χ4n) is 1.68. The summed E-state index contributed by atoms with van der Waals surface area (Å²) in [6.07, 6.45) is 0. The number of thioether (sulfide) groups is 1. The lowest BCUT2D eigenvalue weighted by Crippen LogP contribution is -2.40. The van der Waals surface area contributed by atoms with Gasteiger partial charge in [0, 0.05) is 23.2 Å². The average Bonchev–Trinajstić information content (AvgIpc) is 2.14. The predicted octanol–water partition coefficient (Wildman–Crippen LogP) is 2.82. The van der Waals surface area contributed by atoms with Crippen molar-refractivity contribution in [1.29, 1.82) is 0 Å². The quantitative estimate of drug-likeness (QED) is 0.661. The molecule has 3 nitrogen and oxygen atoms in total. The van der Waals surface area contributed by atoms with Crippen molar-refractivity contribution in [2.45, 2.75) is 45.8 Å². The molecule has 1 aromatic rings.